The minimum atomic E-state index is 0.874. The number of terminal acetylenes is 1. The molecular formula is C15H26N2. The predicted octanol–water partition coefficient (Wildman–Crippen LogP) is 2.35. The van der Waals surface area contributed by atoms with Crippen LogP contribution in [-0.4, -0.2) is 48.6 Å². The average Bonchev–Trinajstić information content (AvgIpc) is 2.41. The summed E-state index contributed by atoms with van der Waals surface area (Å²) in [6, 6.07) is 0.874. The topological polar surface area (TPSA) is 6.48 Å². The number of nitrogens with zero attached hydrogens (tertiary/aromatic N) is 2. The molecule has 0 aliphatic carbocycles. The van der Waals surface area contributed by atoms with Crippen molar-refractivity contribution in [1.29, 1.82) is 0 Å². The van der Waals surface area contributed by atoms with E-state index in [0.717, 1.165) is 12.5 Å². The molecule has 2 fully saturated rings. The van der Waals surface area contributed by atoms with Gasteiger partial charge in [-0.3, -0.25) is 0 Å². The van der Waals surface area contributed by atoms with Crippen molar-refractivity contribution in [2.45, 2.75) is 51.0 Å². The maximum atomic E-state index is 5.29. The molecule has 2 nitrogen and oxygen atoms in total. The van der Waals surface area contributed by atoms with Crippen molar-refractivity contribution in [2.24, 2.45) is 0 Å². The summed E-state index contributed by atoms with van der Waals surface area (Å²) in [6.07, 6.45) is 14.4. The van der Waals surface area contributed by atoms with Gasteiger partial charge in [0.25, 0.3) is 0 Å². The molecule has 2 heterocycles. The molecule has 2 saturated heterocycles. The lowest BCUT2D eigenvalue weighted by Gasteiger charge is -2.40. The Hall–Kier alpha value is -0.520. The van der Waals surface area contributed by atoms with Crippen molar-refractivity contribution in [3.05, 3.63) is 0 Å². The minimum Gasteiger partial charge on any atom is -0.303 e. The van der Waals surface area contributed by atoms with E-state index in [1.807, 2.05) is 0 Å². The van der Waals surface area contributed by atoms with Gasteiger partial charge in [-0.25, -0.2) is 0 Å². The van der Waals surface area contributed by atoms with Gasteiger partial charge in [0.15, 0.2) is 0 Å². The summed E-state index contributed by atoms with van der Waals surface area (Å²) in [6.45, 7) is 6.47. The third-order valence-corrected chi connectivity index (χ3v) is 4.26. The molecule has 2 rings (SSSR count). The van der Waals surface area contributed by atoms with Gasteiger partial charge >= 0.3 is 0 Å². The molecule has 0 amide bonds. The van der Waals surface area contributed by atoms with E-state index < -0.39 is 0 Å². The van der Waals surface area contributed by atoms with E-state index in [9.17, 15) is 0 Å². The van der Waals surface area contributed by atoms with Crippen LogP contribution in [0.15, 0.2) is 0 Å². The molecule has 0 aromatic heterocycles. The lowest BCUT2D eigenvalue weighted by atomic mass is 10.00. The van der Waals surface area contributed by atoms with Crippen molar-refractivity contribution < 1.29 is 0 Å². The number of piperidine rings is 2. The maximum absolute atomic E-state index is 5.29. The van der Waals surface area contributed by atoms with Crippen LogP contribution in [0.1, 0.15) is 44.9 Å². The van der Waals surface area contributed by atoms with E-state index in [1.54, 1.807) is 0 Å². The SMILES string of the molecule is C#CCCCN1CCC(N2CCCCC2)CC1. The monoisotopic (exact) mass is 234 g/mol. The Morgan fingerprint density at radius 2 is 1.71 bits per heavy atom. The number of unbranched alkanes of at least 4 members (excludes halogenated alkanes) is 1. The van der Waals surface area contributed by atoms with E-state index >= 15 is 0 Å². The Balaban J connectivity index is 1.65. The molecule has 0 radical (unpaired) electrons. The van der Waals surface area contributed by atoms with Crippen molar-refractivity contribution in [3.8, 4) is 12.3 Å². The Bertz CT molecular complexity index is 242. The van der Waals surface area contributed by atoms with Crippen molar-refractivity contribution in [3.63, 3.8) is 0 Å². The molecule has 96 valence electrons. The highest BCUT2D eigenvalue weighted by Gasteiger charge is 2.24. The van der Waals surface area contributed by atoms with Gasteiger partial charge in [0.05, 0.1) is 0 Å². The van der Waals surface area contributed by atoms with Crippen molar-refractivity contribution in [2.75, 3.05) is 32.7 Å². The van der Waals surface area contributed by atoms with E-state index in [2.05, 4.69) is 15.7 Å². The van der Waals surface area contributed by atoms with Gasteiger partial charge in [0, 0.05) is 12.5 Å². The summed E-state index contributed by atoms with van der Waals surface area (Å²) >= 11 is 0. The predicted molar refractivity (Wildman–Crippen MR) is 73.0 cm³/mol. The van der Waals surface area contributed by atoms with Gasteiger partial charge in [-0.1, -0.05) is 6.42 Å². The van der Waals surface area contributed by atoms with Crippen LogP contribution in [0.3, 0.4) is 0 Å². The summed E-state index contributed by atoms with van der Waals surface area (Å²) in [5.41, 5.74) is 0. The molecule has 0 aromatic carbocycles. The smallest absolute Gasteiger partial charge is 0.0120 e. The van der Waals surface area contributed by atoms with Gasteiger partial charge in [-0.15, -0.1) is 12.3 Å². The highest BCUT2D eigenvalue weighted by Crippen LogP contribution is 2.20. The summed E-state index contributed by atoms with van der Waals surface area (Å²) in [5, 5.41) is 0. The first-order valence-electron chi connectivity index (χ1n) is 7.30. The highest BCUT2D eigenvalue weighted by atomic mass is 15.2. The zero-order chi connectivity index (χ0) is 11.9. The van der Waals surface area contributed by atoms with E-state index in [4.69, 9.17) is 6.42 Å². The summed E-state index contributed by atoms with van der Waals surface area (Å²) in [5.74, 6) is 2.73. The van der Waals surface area contributed by atoms with Crippen LogP contribution in [0, 0.1) is 12.3 Å². The molecule has 17 heavy (non-hydrogen) atoms. The Morgan fingerprint density at radius 3 is 2.35 bits per heavy atom. The molecule has 0 aromatic rings. The molecule has 2 heteroatoms. The first-order valence-corrected chi connectivity index (χ1v) is 7.30. The molecular weight excluding hydrogens is 208 g/mol. The van der Waals surface area contributed by atoms with Gasteiger partial charge in [0.1, 0.15) is 0 Å². The van der Waals surface area contributed by atoms with Crippen LogP contribution >= 0.6 is 0 Å². The quantitative estimate of drug-likeness (QED) is 0.544. The molecule has 0 saturated carbocycles. The Morgan fingerprint density at radius 1 is 1.00 bits per heavy atom. The van der Waals surface area contributed by atoms with Crippen molar-refractivity contribution >= 4 is 0 Å². The first kappa shape index (κ1) is 12.9. The highest BCUT2D eigenvalue weighted by molar-refractivity contribution is 4.85. The van der Waals surface area contributed by atoms with Gasteiger partial charge < -0.3 is 9.80 Å². The van der Waals surface area contributed by atoms with Gasteiger partial charge in [0.2, 0.25) is 0 Å². The van der Waals surface area contributed by atoms with Crippen molar-refractivity contribution in [1.82, 2.24) is 9.80 Å². The number of rotatable bonds is 4. The fourth-order valence-corrected chi connectivity index (χ4v) is 3.20. The van der Waals surface area contributed by atoms with E-state index in [1.165, 1.54) is 71.2 Å². The van der Waals surface area contributed by atoms with Gasteiger partial charge in [-0.2, -0.15) is 0 Å². The van der Waals surface area contributed by atoms with E-state index in [-0.39, 0.29) is 0 Å². The van der Waals surface area contributed by atoms with Gasteiger partial charge in [-0.05, 0) is 64.8 Å². The lowest BCUT2D eigenvalue weighted by molar-refractivity contribution is 0.0923. The largest absolute Gasteiger partial charge is 0.303 e. The molecule has 0 bridgehead atoms. The Labute approximate surface area is 106 Å². The Kier molecular flexibility index (Phi) is 5.35. The molecule has 2 aliphatic rings. The van der Waals surface area contributed by atoms with Crippen LogP contribution < -0.4 is 0 Å². The third-order valence-electron chi connectivity index (χ3n) is 4.26. The fourth-order valence-electron chi connectivity index (χ4n) is 3.20. The summed E-state index contributed by atoms with van der Waals surface area (Å²) in [4.78, 5) is 5.33. The number of hydrogen-bond acceptors (Lipinski definition) is 2. The van der Waals surface area contributed by atoms with Crippen LogP contribution in [0.4, 0.5) is 0 Å². The average molecular weight is 234 g/mol. The standard InChI is InChI=1S/C15H26N2/c1-2-3-5-10-16-13-8-15(9-14-16)17-11-6-4-7-12-17/h1,15H,3-14H2. The second-order valence-corrected chi connectivity index (χ2v) is 5.48. The summed E-state index contributed by atoms with van der Waals surface area (Å²) in [7, 11) is 0. The van der Waals surface area contributed by atoms with E-state index in [0.29, 0.717) is 0 Å². The third kappa shape index (κ3) is 4.01. The second kappa shape index (κ2) is 7.03. The van der Waals surface area contributed by atoms with Crippen LogP contribution in [0.5, 0.6) is 0 Å². The summed E-state index contributed by atoms with van der Waals surface area (Å²) < 4.78 is 0. The lowest BCUT2D eigenvalue weighted by Crippen LogP contribution is -2.46. The van der Waals surface area contributed by atoms with Crippen LogP contribution in [0.25, 0.3) is 0 Å². The molecule has 0 N–H and O–H groups in total. The molecule has 2 aliphatic heterocycles. The molecule has 0 unspecified atom stereocenters. The number of likely N-dealkylation sites (tertiary alicyclic amines) is 2. The molecule has 0 atom stereocenters. The second-order valence-electron chi connectivity index (χ2n) is 5.48. The maximum Gasteiger partial charge on any atom is 0.0120 e. The minimum absolute atomic E-state index is 0.874. The first-order chi connectivity index (χ1) is 8.40. The fraction of sp³-hybridized carbons (Fsp3) is 0.867. The number of hydrogen-bond donors (Lipinski definition) is 0. The van der Waals surface area contributed by atoms with Crippen LogP contribution in [0.2, 0.25) is 0 Å². The molecule has 0 spiro atoms. The van der Waals surface area contributed by atoms with Crippen LogP contribution in [-0.2, 0) is 0 Å². The zero-order valence-corrected chi connectivity index (χ0v) is 11.0. The zero-order valence-electron chi connectivity index (χ0n) is 11.0. The normalized spacial score (nSPS) is 24.6.